The minimum atomic E-state index is -4.10. The molecule has 114 valence electrons. The minimum Gasteiger partial charge on any atom is -0.396 e. The third kappa shape index (κ3) is 3.23. The Bertz CT molecular complexity index is 685. The summed E-state index contributed by atoms with van der Waals surface area (Å²) >= 11 is 2.96. The molecule has 0 unspecified atom stereocenters. The number of halogens is 2. The third-order valence-corrected chi connectivity index (χ3v) is 7.36. The van der Waals surface area contributed by atoms with Crippen LogP contribution in [-0.2, 0) is 20.0 Å². The van der Waals surface area contributed by atoms with E-state index < -0.39 is 37.4 Å². The monoisotopic (exact) mass is 388 g/mol. The van der Waals surface area contributed by atoms with E-state index >= 15 is 0 Å². The van der Waals surface area contributed by atoms with E-state index in [2.05, 4.69) is 15.9 Å². The largest absolute Gasteiger partial charge is 0.396 e. The molecule has 0 spiro atoms. The number of hydrogen-bond donors (Lipinski definition) is 1. The highest BCUT2D eigenvalue weighted by atomic mass is 79.9. The average Bonchev–Trinajstić information content (AvgIpc) is 2.35. The van der Waals surface area contributed by atoms with Gasteiger partial charge in [-0.15, -0.1) is 0 Å². The first-order valence-electron chi connectivity index (χ1n) is 5.57. The lowest BCUT2D eigenvalue weighted by Crippen LogP contribution is -2.39. The highest BCUT2D eigenvalue weighted by Gasteiger charge is 2.33. The molecule has 2 N–H and O–H groups in total. The second-order valence-corrected chi connectivity index (χ2v) is 9.12. The van der Waals surface area contributed by atoms with Crippen LogP contribution in [0.1, 0.15) is 13.8 Å². The molecule has 0 amide bonds. The number of sulfonamides is 2. The van der Waals surface area contributed by atoms with Gasteiger partial charge < -0.3 is 5.73 Å². The fourth-order valence-corrected chi connectivity index (χ4v) is 5.52. The summed E-state index contributed by atoms with van der Waals surface area (Å²) in [5.41, 5.74) is 4.81. The summed E-state index contributed by atoms with van der Waals surface area (Å²) in [6.45, 7) is 2.63. The topological polar surface area (TPSA) is 97.5 Å². The molecule has 0 heterocycles. The summed E-state index contributed by atoms with van der Waals surface area (Å²) in [7, 11) is -8.20. The van der Waals surface area contributed by atoms with Crippen LogP contribution in [0.4, 0.5) is 15.8 Å². The van der Waals surface area contributed by atoms with Gasteiger partial charge in [0.2, 0.25) is 20.0 Å². The van der Waals surface area contributed by atoms with Gasteiger partial charge in [0.1, 0.15) is 5.82 Å². The normalized spacial score (nSPS) is 12.4. The molecular formula is C10H14BrFN2O4S2. The number of anilines is 2. The number of rotatable bonds is 5. The fourth-order valence-electron chi connectivity index (χ4n) is 1.40. The van der Waals surface area contributed by atoms with Crippen molar-refractivity contribution in [2.75, 3.05) is 20.9 Å². The Balaban J connectivity index is 3.69. The van der Waals surface area contributed by atoms with Gasteiger partial charge in [0.25, 0.3) is 0 Å². The van der Waals surface area contributed by atoms with E-state index in [1.165, 1.54) is 13.8 Å². The lowest BCUT2D eigenvalue weighted by molar-refractivity contribution is 0.585. The van der Waals surface area contributed by atoms with Crippen molar-refractivity contribution in [1.82, 2.24) is 0 Å². The third-order valence-electron chi connectivity index (χ3n) is 2.50. The molecule has 0 fully saturated rings. The number of nitrogen functional groups attached to an aromatic ring is 1. The Labute approximate surface area is 126 Å². The predicted molar refractivity (Wildman–Crippen MR) is 79.9 cm³/mol. The molecule has 0 atom stereocenters. The average molecular weight is 389 g/mol. The van der Waals surface area contributed by atoms with Gasteiger partial charge in [-0.05, 0) is 41.9 Å². The van der Waals surface area contributed by atoms with Crippen molar-refractivity contribution >= 4 is 47.4 Å². The Hall–Kier alpha value is -0.870. The van der Waals surface area contributed by atoms with Crippen molar-refractivity contribution in [1.29, 1.82) is 0 Å². The van der Waals surface area contributed by atoms with E-state index in [4.69, 9.17) is 5.73 Å². The summed E-state index contributed by atoms with van der Waals surface area (Å²) in [6, 6.07) is 1.90. The molecule has 0 bridgehead atoms. The van der Waals surface area contributed by atoms with Crippen LogP contribution in [0.15, 0.2) is 16.6 Å². The van der Waals surface area contributed by atoms with E-state index in [-0.39, 0.29) is 15.8 Å². The standard InChI is InChI=1S/C10H14BrFN2O4S2/c1-3-19(15,16)14(20(17,18)4-2)10-6-9(13)8(12)5-7(10)11/h5-6H,3-4,13H2,1-2H3. The van der Waals surface area contributed by atoms with Crippen LogP contribution in [0.5, 0.6) is 0 Å². The van der Waals surface area contributed by atoms with Gasteiger partial charge in [0.15, 0.2) is 0 Å². The van der Waals surface area contributed by atoms with Crippen molar-refractivity contribution in [2.45, 2.75) is 13.8 Å². The van der Waals surface area contributed by atoms with E-state index in [1.54, 1.807) is 0 Å². The zero-order valence-electron chi connectivity index (χ0n) is 10.8. The Kier molecular flexibility index (Phi) is 5.03. The van der Waals surface area contributed by atoms with Crippen LogP contribution in [0.3, 0.4) is 0 Å². The quantitative estimate of drug-likeness (QED) is 0.773. The van der Waals surface area contributed by atoms with Crippen LogP contribution in [0.25, 0.3) is 0 Å². The fraction of sp³-hybridized carbons (Fsp3) is 0.400. The van der Waals surface area contributed by atoms with Gasteiger partial charge >= 0.3 is 0 Å². The van der Waals surface area contributed by atoms with Crippen LogP contribution in [0.2, 0.25) is 0 Å². The molecule has 1 aromatic carbocycles. The van der Waals surface area contributed by atoms with Crippen LogP contribution in [-0.4, -0.2) is 28.3 Å². The molecule has 20 heavy (non-hydrogen) atoms. The highest BCUT2D eigenvalue weighted by molar-refractivity contribution is 9.10. The number of hydrogen-bond acceptors (Lipinski definition) is 5. The van der Waals surface area contributed by atoms with Gasteiger partial charge in [0.05, 0.1) is 22.9 Å². The second-order valence-electron chi connectivity index (χ2n) is 3.82. The van der Waals surface area contributed by atoms with E-state index in [0.29, 0.717) is 3.71 Å². The maximum absolute atomic E-state index is 13.3. The summed E-state index contributed by atoms with van der Waals surface area (Å²) in [5.74, 6) is -1.62. The van der Waals surface area contributed by atoms with Gasteiger partial charge in [-0.1, -0.05) is 0 Å². The van der Waals surface area contributed by atoms with Crippen LogP contribution < -0.4 is 9.44 Å². The number of nitrogens with two attached hydrogens (primary N) is 1. The lowest BCUT2D eigenvalue weighted by atomic mass is 10.3. The predicted octanol–water partition coefficient (Wildman–Crippen LogP) is 1.68. The van der Waals surface area contributed by atoms with Crippen molar-refractivity contribution in [3.05, 3.63) is 22.4 Å². The first kappa shape index (κ1) is 17.2. The first-order valence-corrected chi connectivity index (χ1v) is 9.58. The molecule has 1 aromatic rings. The van der Waals surface area contributed by atoms with Crippen molar-refractivity contribution in [3.63, 3.8) is 0 Å². The SMILES string of the molecule is CCS(=O)(=O)N(c1cc(N)c(F)cc1Br)S(=O)(=O)CC. The molecule has 0 saturated heterocycles. The molecule has 0 aliphatic heterocycles. The summed E-state index contributed by atoms with van der Waals surface area (Å²) in [6.07, 6.45) is 0. The highest BCUT2D eigenvalue weighted by Crippen LogP contribution is 2.34. The summed E-state index contributed by atoms with van der Waals surface area (Å²) in [5, 5.41) is 0. The summed E-state index contributed by atoms with van der Waals surface area (Å²) in [4.78, 5) is 0. The Morgan fingerprint density at radius 1 is 1.15 bits per heavy atom. The van der Waals surface area contributed by atoms with Crippen LogP contribution >= 0.6 is 15.9 Å². The maximum atomic E-state index is 13.3. The van der Waals surface area contributed by atoms with E-state index in [1.807, 2.05) is 0 Å². The minimum absolute atomic E-state index is 0.0155. The molecule has 6 nitrogen and oxygen atoms in total. The second kappa shape index (κ2) is 5.86. The van der Waals surface area contributed by atoms with E-state index in [9.17, 15) is 21.2 Å². The van der Waals surface area contributed by atoms with Crippen molar-refractivity contribution in [2.24, 2.45) is 0 Å². The van der Waals surface area contributed by atoms with Crippen molar-refractivity contribution in [3.8, 4) is 0 Å². The molecular weight excluding hydrogens is 375 g/mol. The maximum Gasteiger partial charge on any atom is 0.247 e. The van der Waals surface area contributed by atoms with Gasteiger partial charge in [0, 0.05) is 4.47 Å². The van der Waals surface area contributed by atoms with Gasteiger partial charge in [-0.25, -0.2) is 21.2 Å². The Morgan fingerprint density at radius 3 is 2.00 bits per heavy atom. The number of nitrogens with zero attached hydrogens (tertiary/aromatic N) is 1. The van der Waals surface area contributed by atoms with Crippen LogP contribution in [0, 0.1) is 5.82 Å². The molecule has 0 aliphatic carbocycles. The first-order chi connectivity index (χ1) is 9.06. The van der Waals surface area contributed by atoms with E-state index in [0.717, 1.165) is 12.1 Å². The zero-order valence-corrected chi connectivity index (χ0v) is 14.0. The lowest BCUT2D eigenvalue weighted by Gasteiger charge is -2.24. The molecule has 1 rings (SSSR count). The molecule has 0 aromatic heterocycles. The molecule has 10 heteroatoms. The number of benzene rings is 1. The summed E-state index contributed by atoms with van der Waals surface area (Å²) < 4.78 is 61.8. The smallest absolute Gasteiger partial charge is 0.247 e. The Morgan fingerprint density at radius 2 is 1.60 bits per heavy atom. The van der Waals surface area contributed by atoms with Gasteiger partial charge in [-0.2, -0.15) is 3.71 Å². The molecule has 0 radical (unpaired) electrons. The molecule has 0 aliphatic rings. The molecule has 0 saturated carbocycles. The zero-order chi connectivity index (χ0) is 15.7. The van der Waals surface area contributed by atoms with Crippen molar-refractivity contribution < 1.29 is 21.2 Å². The van der Waals surface area contributed by atoms with Gasteiger partial charge in [-0.3, -0.25) is 0 Å².